The molecule has 1 heterocycles. The first-order chi connectivity index (χ1) is 18.7. The molecular formula is C32H29NO6. The van der Waals surface area contributed by atoms with Crippen LogP contribution in [0.5, 0.6) is 11.5 Å². The number of phenols is 1. The summed E-state index contributed by atoms with van der Waals surface area (Å²) in [5.74, 6) is -2.98. The molecule has 2 aromatic rings. The van der Waals surface area contributed by atoms with Crippen LogP contribution in [0.4, 0.5) is 5.69 Å². The fourth-order valence-corrected chi connectivity index (χ4v) is 6.74. The molecule has 198 valence electrons. The molecule has 0 unspecified atom stereocenters. The second-order valence-corrected chi connectivity index (χ2v) is 10.7. The van der Waals surface area contributed by atoms with E-state index >= 15 is 0 Å². The van der Waals surface area contributed by atoms with Gasteiger partial charge in [0, 0.05) is 28.2 Å². The first-order valence-corrected chi connectivity index (χ1v) is 13.3. The fourth-order valence-electron chi connectivity index (χ4n) is 6.74. The number of allylic oxidation sites excluding steroid dienone is 6. The van der Waals surface area contributed by atoms with Gasteiger partial charge in [0.05, 0.1) is 24.6 Å². The molecule has 1 saturated heterocycles. The van der Waals surface area contributed by atoms with Gasteiger partial charge in [-0.05, 0) is 74.1 Å². The average Bonchev–Trinajstić information content (AvgIpc) is 3.20. The molecule has 0 saturated carbocycles. The van der Waals surface area contributed by atoms with E-state index in [1.165, 1.54) is 24.2 Å². The number of ketones is 2. The first-order valence-electron chi connectivity index (χ1n) is 13.3. The van der Waals surface area contributed by atoms with Crippen molar-refractivity contribution in [1.29, 1.82) is 0 Å². The van der Waals surface area contributed by atoms with Gasteiger partial charge in [-0.1, -0.05) is 30.7 Å². The Kier molecular flexibility index (Phi) is 5.90. The van der Waals surface area contributed by atoms with Crippen LogP contribution in [-0.4, -0.2) is 35.6 Å². The predicted molar refractivity (Wildman–Crippen MR) is 144 cm³/mol. The number of ether oxygens (including phenoxy) is 1. The Labute approximate surface area is 226 Å². The number of methoxy groups -OCH3 is 1. The number of phenolic OH excluding ortho intramolecular Hbond substituents is 1. The van der Waals surface area contributed by atoms with Crippen LogP contribution >= 0.6 is 0 Å². The molecule has 0 aromatic heterocycles. The SMILES string of the molecule is CCc1ccc(N2C(=O)[C@H]3[C@H](CC=C4[C@H](c5cc(OC)ccc5O)C5=C(C[C@H]43)C(=O)C=C(C)C5=O)C2=O)cc1. The highest BCUT2D eigenvalue weighted by Gasteiger charge is 2.56. The number of aryl methyl sites for hydroxylation is 1. The van der Waals surface area contributed by atoms with Gasteiger partial charge < -0.3 is 9.84 Å². The fraction of sp³-hybridized carbons (Fsp3) is 0.312. The summed E-state index contributed by atoms with van der Waals surface area (Å²) >= 11 is 0. The Morgan fingerprint density at radius 1 is 1.00 bits per heavy atom. The van der Waals surface area contributed by atoms with Crippen molar-refractivity contribution in [2.75, 3.05) is 12.0 Å². The van der Waals surface area contributed by atoms with Crippen LogP contribution in [0.25, 0.3) is 0 Å². The zero-order valence-electron chi connectivity index (χ0n) is 22.1. The lowest BCUT2D eigenvalue weighted by Gasteiger charge is -2.42. The largest absolute Gasteiger partial charge is 0.508 e. The molecule has 1 aliphatic heterocycles. The summed E-state index contributed by atoms with van der Waals surface area (Å²) in [6.07, 6.45) is 4.67. The number of carbonyl (C=O) groups is 4. The molecular weight excluding hydrogens is 494 g/mol. The van der Waals surface area contributed by atoms with Crippen LogP contribution in [0.15, 0.2) is 76.9 Å². The molecule has 0 spiro atoms. The predicted octanol–water partition coefficient (Wildman–Crippen LogP) is 4.60. The van der Waals surface area contributed by atoms with Crippen molar-refractivity contribution in [3.63, 3.8) is 0 Å². The lowest BCUT2D eigenvalue weighted by molar-refractivity contribution is -0.123. The van der Waals surface area contributed by atoms with Crippen molar-refractivity contribution in [2.24, 2.45) is 17.8 Å². The highest BCUT2D eigenvalue weighted by molar-refractivity contribution is 6.25. The summed E-state index contributed by atoms with van der Waals surface area (Å²) < 4.78 is 5.41. The van der Waals surface area contributed by atoms with Crippen molar-refractivity contribution in [3.8, 4) is 11.5 Å². The molecule has 7 heteroatoms. The van der Waals surface area contributed by atoms with E-state index in [4.69, 9.17) is 4.74 Å². The van der Waals surface area contributed by atoms with Crippen LogP contribution in [0.2, 0.25) is 0 Å². The van der Waals surface area contributed by atoms with E-state index in [1.54, 1.807) is 31.2 Å². The van der Waals surface area contributed by atoms with E-state index in [0.717, 1.165) is 17.6 Å². The van der Waals surface area contributed by atoms with Crippen molar-refractivity contribution >= 4 is 29.1 Å². The van der Waals surface area contributed by atoms with Crippen molar-refractivity contribution in [3.05, 3.63) is 88.0 Å². The second-order valence-electron chi connectivity index (χ2n) is 10.7. The highest BCUT2D eigenvalue weighted by Crippen LogP contribution is 2.56. The Morgan fingerprint density at radius 3 is 2.44 bits per heavy atom. The summed E-state index contributed by atoms with van der Waals surface area (Å²) in [7, 11) is 1.52. The van der Waals surface area contributed by atoms with Gasteiger partial charge in [0.2, 0.25) is 11.8 Å². The van der Waals surface area contributed by atoms with Crippen LogP contribution in [0.1, 0.15) is 43.7 Å². The minimum absolute atomic E-state index is 0.0322. The summed E-state index contributed by atoms with van der Waals surface area (Å²) in [6.45, 7) is 3.66. The van der Waals surface area contributed by atoms with Crippen molar-refractivity contribution < 1.29 is 29.0 Å². The van der Waals surface area contributed by atoms with E-state index in [1.807, 2.05) is 25.1 Å². The molecule has 3 aliphatic carbocycles. The molecule has 4 aliphatic rings. The van der Waals surface area contributed by atoms with Gasteiger partial charge in [-0.2, -0.15) is 0 Å². The van der Waals surface area contributed by atoms with E-state index in [-0.39, 0.29) is 35.6 Å². The standard InChI is InChI=1S/C32H29NO6/c1-4-17-5-7-18(8-6-17)33-31(37)21-11-10-20-22(28(21)32(33)38)15-24-26(35)13-16(2)30(36)29(24)27(20)23-14-19(39-3)9-12-25(23)34/h5-10,12-14,21-22,27-28,34H,4,11,15H2,1-3H3/t21-,22+,27+,28-/m0/s1. The van der Waals surface area contributed by atoms with Gasteiger partial charge in [-0.15, -0.1) is 0 Å². The molecule has 1 N–H and O–H groups in total. The Bertz CT molecular complexity index is 1540. The molecule has 7 nitrogen and oxygen atoms in total. The Balaban J connectivity index is 1.48. The molecule has 1 fully saturated rings. The third kappa shape index (κ3) is 3.71. The van der Waals surface area contributed by atoms with Crippen LogP contribution < -0.4 is 9.64 Å². The van der Waals surface area contributed by atoms with Crippen LogP contribution in [0.3, 0.4) is 0 Å². The van der Waals surface area contributed by atoms with Gasteiger partial charge in [0.1, 0.15) is 11.5 Å². The molecule has 2 aromatic carbocycles. The van der Waals surface area contributed by atoms with E-state index in [9.17, 15) is 24.3 Å². The monoisotopic (exact) mass is 523 g/mol. The highest BCUT2D eigenvalue weighted by atomic mass is 16.5. The Morgan fingerprint density at radius 2 is 1.74 bits per heavy atom. The topological polar surface area (TPSA) is 101 Å². The van der Waals surface area contributed by atoms with Gasteiger partial charge in [0.25, 0.3) is 0 Å². The molecule has 4 atom stereocenters. The normalized spacial score (nSPS) is 26.2. The number of Topliss-reactive ketones (excluding diaryl/α,β-unsaturated/α-hetero) is 1. The van der Waals surface area contributed by atoms with Gasteiger partial charge >= 0.3 is 0 Å². The minimum atomic E-state index is -0.726. The van der Waals surface area contributed by atoms with Crippen molar-refractivity contribution in [1.82, 2.24) is 0 Å². The molecule has 0 bridgehead atoms. The minimum Gasteiger partial charge on any atom is -0.508 e. The zero-order chi connectivity index (χ0) is 27.6. The maximum atomic E-state index is 14.0. The third-order valence-corrected chi connectivity index (χ3v) is 8.71. The number of hydrogen-bond donors (Lipinski definition) is 1. The summed E-state index contributed by atoms with van der Waals surface area (Å²) in [6, 6.07) is 12.2. The molecule has 39 heavy (non-hydrogen) atoms. The third-order valence-electron chi connectivity index (χ3n) is 8.71. The zero-order valence-corrected chi connectivity index (χ0v) is 22.1. The second kappa shape index (κ2) is 9.19. The maximum Gasteiger partial charge on any atom is 0.238 e. The number of imide groups is 1. The first kappa shape index (κ1) is 25.0. The summed E-state index contributed by atoms with van der Waals surface area (Å²) in [4.78, 5) is 55.6. The van der Waals surface area contributed by atoms with Gasteiger partial charge in [-0.25, -0.2) is 0 Å². The number of rotatable bonds is 4. The van der Waals surface area contributed by atoms with Crippen molar-refractivity contribution in [2.45, 2.75) is 39.0 Å². The number of carbonyl (C=O) groups excluding carboxylic acids is 4. The number of benzene rings is 2. The number of hydrogen-bond acceptors (Lipinski definition) is 6. The smallest absolute Gasteiger partial charge is 0.238 e. The summed E-state index contributed by atoms with van der Waals surface area (Å²) in [5.41, 5.74) is 3.91. The molecule has 2 amide bonds. The number of fused-ring (bicyclic) bond motifs is 3. The number of anilines is 1. The number of amides is 2. The summed E-state index contributed by atoms with van der Waals surface area (Å²) in [5, 5.41) is 11.0. The molecule has 6 rings (SSSR count). The van der Waals surface area contributed by atoms with Crippen LogP contribution in [0, 0.1) is 17.8 Å². The van der Waals surface area contributed by atoms with E-state index < -0.39 is 23.7 Å². The Hall–Kier alpha value is -4.26. The quantitative estimate of drug-likeness (QED) is 0.357. The van der Waals surface area contributed by atoms with E-state index in [2.05, 4.69) is 0 Å². The van der Waals surface area contributed by atoms with Crippen LogP contribution in [-0.2, 0) is 25.6 Å². The lowest BCUT2D eigenvalue weighted by atomic mass is 9.59. The number of aromatic hydroxyl groups is 1. The van der Waals surface area contributed by atoms with Gasteiger partial charge in [0.15, 0.2) is 11.6 Å². The van der Waals surface area contributed by atoms with Gasteiger partial charge in [-0.3, -0.25) is 24.1 Å². The molecule has 0 radical (unpaired) electrons. The maximum absolute atomic E-state index is 14.0. The van der Waals surface area contributed by atoms with E-state index in [0.29, 0.717) is 40.1 Å². The number of nitrogens with zero attached hydrogens (tertiary/aromatic N) is 1. The lowest BCUT2D eigenvalue weighted by Crippen LogP contribution is -2.39. The average molecular weight is 524 g/mol.